The fourth-order valence-corrected chi connectivity index (χ4v) is 2.16. The Hall–Kier alpha value is -0.610. The van der Waals surface area contributed by atoms with Crippen LogP contribution in [0.25, 0.3) is 0 Å². The highest BCUT2D eigenvalue weighted by molar-refractivity contribution is 5.69. The van der Waals surface area contributed by atoms with Gasteiger partial charge in [0, 0.05) is 25.1 Å². The first-order chi connectivity index (χ1) is 7.22. The summed E-state index contributed by atoms with van der Waals surface area (Å²) in [6, 6.07) is 0. The Morgan fingerprint density at radius 1 is 1.47 bits per heavy atom. The molecule has 1 aliphatic carbocycles. The summed E-state index contributed by atoms with van der Waals surface area (Å²) in [7, 11) is 1.40. The van der Waals surface area contributed by atoms with Gasteiger partial charge in [0.2, 0.25) is 0 Å². The lowest BCUT2D eigenvalue weighted by molar-refractivity contribution is -0.140. The van der Waals surface area contributed by atoms with Crippen molar-refractivity contribution in [2.45, 2.75) is 32.1 Å². The maximum absolute atomic E-state index is 10.8. The van der Waals surface area contributed by atoms with Crippen molar-refractivity contribution in [1.82, 2.24) is 5.32 Å². The number of ether oxygens (including phenoxy) is 1. The van der Waals surface area contributed by atoms with E-state index in [9.17, 15) is 9.90 Å². The van der Waals surface area contributed by atoms with E-state index in [1.54, 1.807) is 0 Å². The topological polar surface area (TPSA) is 58.6 Å². The molecule has 0 spiro atoms. The van der Waals surface area contributed by atoms with E-state index in [2.05, 4.69) is 10.1 Å². The molecule has 0 aromatic heterocycles. The minimum Gasteiger partial charge on any atom is -0.469 e. The number of hydrogen-bond donors (Lipinski definition) is 2. The van der Waals surface area contributed by atoms with Crippen molar-refractivity contribution in [3.05, 3.63) is 0 Å². The zero-order valence-electron chi connectivity index (χ0n) is 9.42. The fourth-order valence-electron chi connectivity index (χ4n) is 2.16. The lowest BCUT2D eigenvalue weighted by atomic mass is 9.87. The van der Waals surface area contributed by atoms with Gasteiger partial charge >= 0.3 is 5.97 Å². The summed E-state index contributed by atoms with van der Waals surface area (Å²) in [5.74, 6) is -0.188. The molecule has 15 heavy (non-hydrogen) atoms. The van der Waals surface area contributed by atoms with Crippen molar-refractivity contribution in [2.24, 2.45) is 5.41 Å². The van der Waals surface area contributed by atoms with Gasteiger partial charge in [-0.3, -0.25) is 4.79 Å². The van der Waals surface area contributed by atoms with E-state index in [-0.39, 0.29) is 18.0 Å². The van der Waals surface area contributed by atoms with Crippen LogP contribution in [0.15, 0.2) is 0 Å². The molecule has 0 unspecified atom stereocenters. The largest absolute Gasteiger partial charge is 0.469 e. The molecule has 0 saturated heterocycles. The van der Waals surface area contributed by atoms with Gasteiger partial charge in [-0.2, -0.15) is 0 Å². The molecule has 0 amide bonds. The normalized spacial score (nSPS) is 19.1. The smallest absolute Gasteiger partial charge is 0.306 e. The molecular weight excluding hydrogens is 194 g/mol. The third-order valence-electron chi connectivity index (χ3n) is 3.23. The molecule has 0 heterocycles. The van der Waals surface area contributed by atoms with Crippen LogP contribution in [-0.4, -0.2) is 37.9 Å². The Morgan fingerprint density at radius 3 is 2.67 bits per heavy atom. The molecule has 1 rings (SSSR count). The Bertz CT molecular complexity index is 200. The first-order valence-corrected chi connectivity index (χ1v) is 5.61. The molecule has 0 aromatic rings. The van der Waals surface area contributed by atoms with Gasteiger partial charge in [-0.1, -0.05) is 12.8 Å². The minimum atomic E-state index is -0.188. The second-order valence-electron chi connectivity index (χ2n) is 4.37. The number of aliphatic hydroxyl groups excluding tert-OH is 1. The molecule has 1 aliphatic rings. The van der Waals surface area contributed by atoms with Crippen LogP contribution in [0, 0.1) is 5.41 Å². The Kier molecular flexibility index (Phi) is 5.05. The van der Waals surface area contributed by atoms with Crippen LogP contribution >= 0.6 is 0 Å². The third kappa shape index (κ3) is 3.80. The van der Waals surface area contributed by atoms with Crippen molar-refractivity contribution in [3.63, 3.8) is 0 Å². The van der Waals surface area contributed by atoms with Gasteiger partial charge in [0.15, 0.2) is 0 Å². The molecule has 0 atom stereocenters. The summed E-state index contributed by atoms with van der Waals surface area (Å²) in [4.78, 5) is 10.8. The summed E-state index contributed by atoms with van der Waals surface area (Å²) in [6.45, 7) is 1.69. The zero-order chi connectivity index (χ0) is 11.1. The van der Waals surface area contributed by atoms with Crippen LogP contribution in [0.2, 0.25) is 0 Å². The maximum atomic E-state index is 10.8. The van der Waals surface area contributed by atoms with Crippen LogP contribution in [0.3, 0.4) is 0 Å². The van der Waals surface area contributed by atoms with Crippen molar-refractivity contribution < 1.29 is 14.6 Å². The van der Waals surface area contributed by atoms with Gasteiger partial charge in [-0.25, -0.2) is 0 Å². The minimum absolute atomic E-state index is 0.0656. The lowest BCUT2D eigenvalue weighted by Crippen LogP contribution is -2.36. The summed E-state index contributed by atoms with van der Waals surface area (Å²) in [5, 5.41) is 12.6. The average Bonchev–Trinajstić information content (AvgIpc) is 2.73. The highest BCUT2D eigenvalue weighted by Crippen LogP contribution is 2.36. The number of aliphatic hydroxyl groups is 1. The Labute approximate surface area is 91.0 Å². The molecular formula is C11H21NO3. The highest BCUT2D eigenvalue weighted by Gasteiger charge is 2.32. The van der Waals surface area contributed by atoms with E-state index in [0.29, 0.717) is 13.0 Å². The lowest BCUT2D eigenvalue weighted by Gasteiger charge is -2.26. The van der Waals surface area contributed by atoms with Crippen molar-refractivity contribution in [1.29, 1.82) is 0 Å². The second-order valence-corrected chi connectivity index (χ2v) is 4.37. The van der Waals surface area contributed by atoms with Crippen LogP contribution in [0.4, 0.5) is 0 Å². The SMILES string of the molecule is COC(=O)CCNCC1(CO)CCCC1. The van der Waals surface area contributed by atoms with E-state index in [1.165, 1.54) is 20.0 Å². The van der Waals surface area contributed by atoms with Crippen LogP contribution < -0.4 is 5.32 Å². The first kappa shape index (κ1) is 12.5. The van der Waals surface area contributed by atoms with Gasteiger partial charge in [0.05, 0.1) is 13.5 Å². The molecule has 0 aliphatic heterocycles. The summed E-state index contributed by atoms with van der Waals surface area (Å²) >= 11 is 0. The first-order valence-electron chi connectivity index (χ1n) is 5.61. The quantitative estimate of drug-likeness (QED) is 0.505. The van der Waals surface area contributed by atoms with E-state index in [4.69, 9.17) is 0 Å². The standard InChI is InChI=1S/C11H21NO3/c1-15-10(14)4-7-12-8-11(9-13)5-2-3-6-11/h12-13H,2-9H2,1H3. The predicted molar refractivity (Wildman–Crippen MR) is 57.5 cm³/mol. The third-order valence-corrected chi connectivity index (χ3v) is 3.23. The molecule has 0 bridgehead atoms. The molecule has 1 saturated carbocycles. The van der Waals surface area contributed by atoms with Gasteiger partial charge in [0.1, 0.15) is 0 Å². The van der Waals surface area contributed by atoms with E-state index in [1.807, 2.05) is 0 Å². The van der Waals surface area contributed by atoms with Crippen molar-refractivity contribution in [2.75, 3.05) is 26.8 Å². The zero-order valence-corrected chi connectivity index (χ0v) is 9.42. The monoisotopic (exact) mass is 215 g/mol. The molecule has 0 radical (unpaired) electrons. The average molecular weight is 215 g/mol. The number of methoxy groups -OCH3 is 1. The Balaban J connectivity index is 2.15. The van der Waals surface area contributed by atoms with Crippen molar-refractivity contribution >= 4 is 5.97 Å². The van der Waals surface area contributed by atoms with Gasteiger partial charge < -0.3 is 15.2 Å². The van der Waals surface area contributed by atoms with E-state index >= 15 is 0 Å². The Morgan fingerprint density at radius 2 is 2.13 bits per heavy atom. The molecule has 88 valence electrons. The number of carbonyl (C=O) groups excluding carboxylic acids is 1. The summed E-state index contributed by atoms with van der Waals surface area (Å²) in [5.41, 5.74) is 0.0656. The van der Waals surface area contributed by atoms with Gasteiger partial charge in [0.25, 0.3) is 0 Å². The second kappa shape index (κ2) is 6.08. The molecule has 4 nitrogen and oxygen atoms in total. The van der Waals surface area contributed by atoms with E-state index in [0.717, 1.165) is 19.4 Å². The predicted octanol–water partition coefficient (Wildman–Crippen LogP) is 0.692. The number of esters is 1. The highest BCUT2D eigenvalue weighted by atomic mass is 16.5. The van der Waals surface area contributed by atoms with E-state index < -0.39 is 0 Å². The number of nitrogens with one attached hydrogen (secondary N) is 1. The van der Waals surface area contributed by atoms with Crippen LogP contribution in [-0.2, 0) is 9.53 Å². The van der Waals surface area contributed by atoms with Gasteiger partial charge in [-0.05, 0) is 12.8 Å². The molecule has 0 aromatic carbocycles. The maximum Gasteiger partial charge on any atom is 0.306 e. The molecule has 4 heteroatoms. The van der Waals surface area contributed by atoms with Crippen molar-refractivity contribution in [3.8, 4) is 0 Å². The van der Waals surface area contributed by atoms with Crippen LogP contribution in [0.1, 0.15) is 32.1 Å². The summed E-state index contributed by atoms with van der Waals surface area (Å²) in [6.07, 6.45) is 5.00. The number of rotatable bonds is 6. The number of carbonyl (C=O) groups is 1. The molecule has 1 fully saturated rings. The van der Waals surface area contributed by atoms with Crippen LogP contribution in [0.5, 0.6) is 0 Å². The molecule has 2 N–H and O–H groups in total. The summed E-state index contributed by atoms with van der Waals surface area (Å²) < 4.78 is 4.55. The van der Waals surface area contributed by atoms with Gasteiger partial charge in [-0.15, -0.1) is 0 Å². The number of hydrogen-bond acceptors (Lipinski definition) is 4. The fraction of sp³-hybridized carbons (Fsp3) is 0.909.